The van der Waals surface area contributed by atoms with Crippen LogP contribution in [0.2, 0.25) is 0 Å². The van der Waals surface area contributed by atoms with E-state index in [9.17, 15) is 5.11 Å². The molecule has 1 N–H and O–H groups in total. The minimum absolute atomic E-state index is 0.0654. The molecule has 0 aliphatic carbocycles. The Morgan fingerprint density at radius 3 is 2.94 bits per heavy atom. The molecule has 92 valence electrons. The van der Waals surface area contributed by atoms with Crippen LogP contribution in [-0.4, -0.2) is 23.7 Å². The van der Waals surface area contributed by atoms with Crippen molar-refractivity contribution in [2.45, 2.75) is 6.92 Å². The fraction of sp³-hybridized carbons (Fsp3) is 0.286. The third-order valence-electron chi connectivity index (χ3n) is 2.86. The molecule has 0 saturated heterocycles. The highest BCUT2D eigenvalue weighted by atomic mass is 16.3. The van der Waals surface area contributed by atoms with Gasteiger partial charge in [0.25, 0.3) is 0 Å². The molecule has 18 heavy (non-hydrogen) atoms. The number of hydrogen-bond donors (Lipinski definition) is 1. The number of nitrogens with zero attached hydrogens (tertiary/aromatic N) is 3. The first-order valence-corrected chi connectivity index (χ1v) is 5.80. The van der Waals surface area contributed by atoms with Crippen LogP contribution in [0.3, 0.4) is 0 Å². The van der Waals surface area contributed by atoms with Crippen molar-refractivity contribution in [3.63, 3.8) is 0 Å². The minimum Gasteiger partial charge on any atom is -0.508 e. The molecule has 0 bridgehead atoms. The smallest absolute Gasteiger partial charge is 0.136 e. The van der Waals surface area contributed by atoms with Gasteiger partial charge in [-0.05, 0) is 30.5 Å². The summed E-state index contributed by atoms with van der Waals surface area (Å²) in [5.41, 5.74) is 0. The maximum absolute atomic E-state index is 9.57. The summed E-state index contributed by atoms with van der Waals surface area (Å²) < 4.78 is 0. The van der Waals surface area contributed by atoms with Gasteiger partial charge < -0.3 is 10.0 Å². The quantitative estimate of drug-likeness (QED) is 0.897. The van der Waals surface area contributed by atoms with Crippen molar-refractivity contribution in [1.82, 2.24) is 4.98 Å². The fourth-order valence-electron chi connectivity index (χ4n) is 1.98. The number of aromatic hydroxyl groups is 1. The molecular formula is C14H15N3O. The number of benzene rings is 1. The second-order valence-corrected chi connectivity index (χ2v) is 4.45. The number of hydrogen-bond acceptors (Lipinski definition) is 4. The van der Waals surface area contributed by atoms with Gasteiger partial charge in [-0.3, -0.25) is 0 Å². The van der Waals surface area contributed by atoms with Gasteiger partial charge in [0.15, 0.2) is 0 Å². The number of rotatable bonds is 3. The van der Waals surface area contributed by atoms with E-state index in [-0.39, 0.29) is 11.7 Å². The first kappa shape index (κ1) is 12.2. The number of fused-ring (bicyclic) bond motifs is 1. The van der Waals surface area contributed by atoms with E-state index in [1.807, 2.05) is 31.0 Å². The molecule has 1 aromatic heterocycles. The van der Waals surface area contributed by atoms with Gasteiger partial charge in [0.05, 0.1) is 12.0 Å². The summed E-state index contributed by atoms with van der Waals surface area (Å²) in [6.45, 7) is 2.48. The average Bonchev–Trinajstić information content (AvgIpc) is 2.37. The minimum atomic E-state index is -0.0654. The van der Waals surface area contributed by atoms with E-state index in [0.717, 1.165) is 16.6 Å². The molecule has 0 amide bonds. The number of phenols is 1. The molecule has 0 spiro atoms. The van der Waals surface area contributed by atoms with Crippen molar-refractivity contribution < 1.29 is 5.11 Å². The van der Waals surface area contributed by atoms with Crippen LogP contribution in [0.4, 0.5) is 5.82 Å². The van der Waals surface area contributed by atoms with Crippen LogP contribution in [0, 0.1) is 17.2 Å². The topological polar surface area (TPSA) is 60.2 Å². The fourth-order valence-corrected chi connectivity index (χ4v) is 1.98. The van der Waals surface area contributed by atoms with Crippen LogP contribution in [0.15, 0.2) is 30.5 Å². The highest BCUT2D eigenvalue weighted by molar-refractivity contribution is 5.93. The highest BCUT2D eigenvalue weighted by Crippen LogP contribution is 2.27. The standard InChI is InChI=1S/C14H15N3O/c1-10(8-15)9-17(2)14-13-7-12(18)4-3-11(13)5-6-16-14/h3-7,10,18H,9H2,1-2H3. The molecule has 4 heteroatoms. The van der Waals surface area contributed by atoms with E-state index in [2.05, 4.69) is 11.1 Å². The zero-order valence-electron chi connectivity index (χ0n) is 10.5. The van der Waals surface area contributed by atoms with Gasteiger partial charge in [0.2, 0.25) is 0 Å². The summed E-state index contributed by atoms with van der Waals surface area (Å²) in [7, 11) is 1.90. The van der Waals surface area contributed by atoms with Gasteiger partial charge in [-0.1, -0.05) is 6.07 Å². The molecule has 0 fully saturated rings. The van der Waals surface area contributed by atoms with Gasteiger partial charge in [-0.15, -0.1) is 0 Å². The Kier molecular flexibility index (Phi) is 3.33. The molecule has 0 aliphatic heterocycles. The molecule has 1 atom stereocenters. The van der Waals surface area contributed by atoms with Crippen molar-refractivity contribution in [3.8, 4) is 11.8 Å². The van der Waals surface area contributed by atoms with E-state index in [1.54, 1.807) is 18.3 Å². The lowest BCUT2D eigenvalue weighted by atomic mass is 10.1. The third kappa shape index (κ3) is 2.35. The van der Waals surface area contributed by atoms with Gasteiger partial charge in [0.1, 0.15) is 11.6 Å². The first-order chi connectivity index (χ1) is 8.61. The van der Waals surface area contributed by atoms with Crippen LogP contribution < -0.4 is 4.90 Å². The maximum atomic E-state index is 9.57. The van der Waals surface area contributed by atoms with E-state index < -0.39 is 0 Å². The monoisotopic (exact) mass is 241 g/mol. The molecule has 2 aromatic rings. The number of phenolic OH excluding ortho intramolecular Hbond substituents is 1. The molecule has 0 aliphatic rings. The van der Waals surface area contributed by atoms with Crippen LogP contribution in [-0.2, 0) is 0 Å². The molecule has 0 saturated carbocycles. The van der Waals surface area contributed by atoms with Crippen molar-refractivity contribution >= 4 is 16.6 Å². The first-order valence-electron chi connectivity index (χ1n) is 5.80. The Morgan fingerprint density at radius 1 is 1.44 bits per heavy atom. The largest absolute Gasteiger partial charge is 0.508 e. The predicted molar refractivity (Wildman–Crippen MR) is 71.5 cm³/mol. The molecular weight excluding hydrogens is 226 g/mol. The van der Waals surface area contributed by atoms with E-state index >= 15 is 0 Å². The molecule has 1 heterocycles. The number of anilines is 1. The number of aromatic nitrogens is 1. The van der Waals surface area contributed by atoms with Gasteiger partial charge in [-0.25, -0.2) is 4.98 Å². The lowest BCUT2D eigenvalue weighted by Gasteiger charge is -2.20. The average molecular weight is 241 g/mol. The molecule has 1 unspecified atom stereocenters. The van der Waals surface area contributed by atoms with Crippen LogP contribution >= 0.6 is 0 Å². The molecule has 1 aromatic carbocycles. The van der Waals surface area contributed by atoms with Crippen molar-refractivity contribution in [3.05, 3.63) is 30.5 Å². The normalized spacial score (nSPS) is 12.1. The van der Waals surface area contributed by atoms with Crippen LogP contribution in [0.5, 0.6) is 5.75 Å². The Morgan fingerprint density at radius 2 is 2.22 bits per heavy atom. The Balaban J connectivity index is 2.44. The van der Waals surface area contributed by atoms with Crippen molar-refractivity contribution in [2.75, 3.05) is 18.5 Å². The summed E-state index contributed by atoms with van der Waals surface area (Å²) in [6, 6.07) is 9.32. The highest BCUT2D eigenvalue weighted by Gasteiger charge is 2.11. The number of pyridine rings is 1. The third-order valence-corrected chi connectivity index (χ3v) is 2.86. The van der Waals surface area contributed by atoms with Gasteiger partial charge in [0, 0.05) is 25.2 Å². The Labute approximate surface area is 106 Å². The van der Waals surface area contributed by atoms with E-state index in [4.69, 9.17) is 5.26 Å². The lowest BCUT2D eigenvalue weighted by Crippen LogP contribution is -2.24. The van der Waals surface area contributed by atoms with Crippen molar-refractivity contribution in [1.29, 1.82) is 5.26 Å². The summed E-state index contributed by atoms with van der Waals surface area (Å²) >= 11 is 0. The second kappa shape index (κ2) is 4.92. The van der Waals surface area contributed by atoms with Crippen LogP contribution in [0.1, 0.15) is 6.92 Å². The summed E-state index contributed by atoms with van der Waals surface area (Å²) in [6.07, 6.45) is 1.74. The predicted octanol–water partition coefficient (Wildman–Crippen LogP) is 2.54. The van der Waals surface area contributed by atoms with Crippen LogP contribution in [0.25, 0.3) is 10.8 Å². The molecule has 2 rings (SSSR count). The summed E-state index contributed by atoms with van der Waals surface area (Å²) in [5, 5.41) is 20.3. The summed E-state index contributed by atoms with van der Waals surface area (Å²) in [4.78, 5) is 6.28. The zero-order valence-corrected chi connectivity index (χ0v) is 10.5. The number of nitriles is 1. The molecule has 0 radical (unpaired) electrons. The lowest BCUT2D eigenvalue weighted by molar-refractivity contribution is 0.476. The Hall–Kier alpha value is -2.28. The van der Waals surface area contributed by atoms with E-state index in [1.165, 1.54) is 0 Å². The Bertz CT molecular complexity index is 604. The maximum Gasteiger partial charge on any atom is 0.136 e. The van der Waals surface area contributed by atoms with Gasteiger partial charge >= 0.3 is 0 Å². The zero-order chi connectivity index (χ0) is 13.1. The SMILES string of the molecule is CC(C#N)CN(C)c1nccc2ccc(O)cc12. The molecule has 4 nitrogen and oxygen atoms in total. The van der Waals surface area contributed by atoms with E-state index in [0.29, 0.717) is 6.54 Å². The summed E-state index contributed by atoms with van der Waals surface area (Å²) in [5.74, 6) is 0.938. The second-order valence-electron chi connectivity index (χ2n) is 4.45. The van der Waals surface area contributed by atoms with Crippen molar-refractivity contribution in [2.24, 2.45) is 5.92 Å². The van der Waals surface area contributed by atoms with Gasteiger partial charge in [-0.2, -0.15) is 5.26 Å².